The average Bonchev–Trinajstić information content (AvgIpc) is 2.98. The highest BCUT2D eigenvalue weighted by Crippen LogP contribution is 2.32. The minimum absolute atomic E-state index is 0.584. The van der Waals surface area contributed by atoms with Gasteiger partial charge >= 0.3 is 0 Å². The van der Waals surface area contributed by atoms with E-state index in [-0.39, 0.29) is 0 Å². The molecule has 4 heteroatoms. The van der Waals surface area contributed by atoms with E-state index in [1.165, 1.54) is 24.4 Å². The first-order valence-corrected chi connectivity index (χ1v) is 7.39. The summed E-state index contributed by atoms with van der Waals surface area (Å²) in [5.41, 5.74) is 0. The molecule has 0 aromatic carbocycles. The van der Waals surface area contributed by atoms with Crippen molar-refractivity contribution in [3.05, 3.63) is 29.9 Å². The van der Waals surface area contributed by atoms with E-state index in [0.29, 0.717) is 12.0 Å². The monoisotopic (exact) mass is 261 g/mol. The van der Waals surface area contributed by atoms with Crippen molar-refractivity contribution in [3.8, 4) is 10.7 Å². The molecular weight excluding hydrogens is 242 g/mol. The Morgan fingerprint density at radius 2 is 2.33 bits per heavy atom. The molecule has 2 atom stereocenters. The molecule has 18 heavy (non-hydrogen) atoms. The standard InChI is InChI=1S/C14H19N3S/c1-11-10-16(2)7-5-12(11)17-8-6-15-14(17)13-4-3-9-18-13/h3-4,6,8-9,11-12H,5,7,10H2,1-2H3. The van der Waals surface area contributed by atoms with Crippen molar-refractivity contribution in [2.75, 3.05) is 20.1 Å². The van der Waals surface area contributed by atoms with E-state index < -0.39 is 0 Å². The van der Waals surface area contributed by atoms with Crippen LogP contribution in [0, 0.1) is 5.92 Å². The van der Waals surface area contributed by atoms with Gasteiger partial charge in [-0.05, 0) is 37.4 Å². The molecule has 2 aromatic rings. The van der Waals surface area contributed by atoms with Gasteiger partial charge in [-0.15, -0.1) is 11.3 Å². The third kappa shape index (κ3) is 2.10. The second-order valence-corrected chi connectivity index (χ2v) is 6.18. The molecular formula is C14H19N3S. The fourth-order valence-electron chi connectivity index (χ4n) is 2.93. The van der Waals surface area contributed by atoms with Crippen molar-refractivity contribution >= 4 is 11.3 Å². The third-order valence-electron chi connectivity index (χ3n) is 3.83. The molecule has 1 saturated heterocycles. The Hall–Kier alpha value is -1.13. The molecule has 0 saturated carbocycles. The summed E-state index contributed by atoms with van der Waals surface area (Å²) < 4.78 is 2.38. The van der Waals surface area contributed by atoms with E-state index in [0.717, 1.165) is 5.82 Å². The van der Waals surface area contributed by atoms with Crippen LogP contribution in [0.4, 0.5) is 0 Å². The minimum Gasteiger partial charge on any atom is -0.327 e. The van der Waals surface area contributed by atoms with Crippen molar-refractivity contribution < 1.29 is 0 Å². The lowest BCUT2D eigenvalue weighted by Gasteiger charge is -2.36. The lowest BCUT2D eigenvalue weighted by atomic mass is 9.94. The summed E-state index contributed by atoms with van der Waals surface area (Å²) in [6.07, 6.45) is 5.29. The molecule has 3 rings (SSSR count). The third-order valence-corrected chi connectivity index (χ3v) is 4.70. The van der Waals surface area contributed by atoms with Crippen LogP contribution in [0.25, 0.3) is 10.7 Å². The minimum atomic E-state index is 0.584. The summed E-state index contributed by atoms with van der Waals surface area (Å²) in [7, 11) is 2.21. The summed E-state index contributed by atoms with van der Waals surface area (Å²) in [5.74, 6) is 1.81. The van der Waals surface area contributed by atoms with Crippen LogP contribution < -0.4 is 0 Å². The molecule has 0 N–H and O–H groups in total. The number of imidazole rings is 1. The molecule has 2 aromatic heterocycles. The van der Waals surface area contributed by atoms with Gasteiger partial charge in [0, 0.05) is 25.0 Å². The first-order valence-electron chi connectivity index (χ1n) is 6.51. The normalized spacial score (nSPS) is 25.4. The molecule has 0 amide bonds. The summed E-state index contributed by atoms with van der Waals surface area (Å²) in [6, 6.07) is 4.83. The molecule has 1 fully saturated rings. The van der Waals surface area contributed by atoms with Gasteiger partial charge in [-0.1, -0.05) is 13.0 Å². The van der Waals surface area contributed by atoms with Gasteiger partial charge < -0.3 is 9.47 Å². The highest BCUT2D eigenvalue weighted by Gasteiger charge is 2.27. The predicted molar refractivity (Wildman–Crippen MR) is 75.9 cm³/mol. The molecule has 96 valence electrons. The quantitative estimate of drug-likeness (QED) is 0.828. The van der Waals surface area contributed by atoms with Crippen molar-refractivity contribution in [2.24, 2.45) is 5.92 Å². The van der Waals surface area contributed by atoms with E-state index in [1.54, 1.807) is 11.3 Å². The number of piperidine rings is 1. The van der Waals surface area contributed by atoms with E-state index in [1.807, 2.05) is 6.20 Å². The number of hydrogen-bond donors (Lipinski definition) is 0. The van der Waals surface area contributed by atoms with Gasteiger partial charge in [-0.3, -0.25) is 0 Å². The Morgan fingerprint density at radius 3 is 3.06 bits per heavy atom. The number of thiophene rings is 1. The van der Waals surface area contributed by atoms with Crippen molar-refractivity contribution in [1.82, 2.24) is 14.5 Å². The molecule has 0 aliphatic carbocycles. The number of likely N-dealkylation sites (tertiary alicyclic amines) is 1. The smallest absolute Gasteiger partial charge is 0.150 e. The van der Waals surface area contributed by atoms with Gasteiger partial charge in [0.25, 0.3) is 0 Å². The van der Waals surface area contributed by atoms with Crippen molar-refractivity contribution in [3.63, 3.8) is 0 Å². The van der Waals surface area contributed by atoms with Crippen LogP contribution in [0.5, 0.6) is 0 Å². The summed E-state index contributed by atoms with van der Waals surface area (Å²) in [5, 5.41) is 2.12. The van der Waals surface area contributed by atoms with E-state index in [4.69, 9.17) is 0 Å². The molecule has 0 radical (unpaired) electrons. The lowest BCUT2D eigenvalue weighted by molar-refractivity contribution is 0.160. The van der Waals surface area contributed by atoms with Gasteiger partial charge in [0.05, 0.1) is 4.88 Å². The van der Waals surface area contributed by atoms with Crippen molar-refractivity contribution in [2.45, 2.75) is 19.4 Å². The Bertz CT molecular complexity index is 503. The largest absolute Gasteiger partial charge is 0.327 e. The highest BCUT2D eigenvalue weighted by molar-refractivity contribution is 7.13. The number of nitrogens with zero attached hydrogens (tertiary/aromatic N) is 3. The van der Waals surface area contributed by atoms with Gasteiger partial charge in [0.15, 0.2) is 0 Å². The zero-order valence-electron chi connectivity index (χ0n) is 10.9. The first kappa shape index (κ1) is 11.9. The fraction of sp³-hybridized carbons (Fsp3) is 0.500. The summed E-state index contributed by atoms with van der Waals surface area (Å²) >= 11 is 1.77. The number of hydrogen-bond acceptors (Lipinski definition) is 3. The maximum atomic E-state index is 4.55. The molecule has 3 nitrogen and oxygen atoms in total. The Labute approximate surface area is 112 Å². The second-order valence-electron chi connectivity index (χ2n) is 5.23. The maximum absolute atomic E-state index is 4.55. The summed E-state index contributed by atoms with van der Waals surface area (Å²) in [4.78, 5) is 8.24. The van der Waals surface area contributed by atoms with Gasteiger partial charge in [-0.2, -0.15) is 0 Å². The lowest BCUT2D eigenvalue weighted by Crippen LogP contribution is -2.37. The molecule has 2 unspecified atom stereocenters. The second kappa shape index (κ2) is 4.86. The number of aromatic nitrogens is 2. The highest BCUT2D eigenvalue weighted by atomic mass is 32.1. The van der Waals surface area contributed by atoms with Crippen LogP contribution in [0.1, 0.15) is 19.4 Å². The Balaban J connectivity index is 1.91. The van der Waals surface area contributed by atoms with Crippen LogP contribution >= 0.6 is 11.3 Å². The maximum Gasteiger partial charge on any atom is 0.150 e. The summed E-state index contributed by atoms with van der Waals surface area (Å²) in [6.45, 7) is 4.70. The van der Waals surface area contributed by atoms with Crippen LogP contribution in [-0.2, 0) is 0 Å². The number of rotatable bonds is 2. The molecule has 1 aliphatic heterocycles. The zero-order chi connectivity index (χ0) is 12.5. The Morgan fingerprint density at radius 1 is 1.44 bits per heavy atom. The molecule has 0 bridgehead atoms. The van der Waals surface area contributed by atoms with Gasteiger partial charge in [0.2, 0.25) is 0 Å². The fourth-order valence-corrected chi connectivity index (χ4v) is 3.66. The van der Waals surface area contributed by atoms with Gasteiger partial charge in [-0.25, -0.2) is 4.98 Å². The molecule has 1 aliphatic rings. The van der Waals surface area contributed by atoms with Crippen LogP contribution in [0.15, 0.2) is 29.9 Å². The average molecular weight is 261 g/mol. The zero-order valence-corrected chi connectivity index (χ0v) is 11.7. The van der Waals surface area contributed by atoms with Crippen LogP contribution in [0.2, 0.25) is 0 Å². The van der Waals surface area contributed by atoms with Gasteiger partial charge in [0.1, 0.15) is 5.82 Å². The van der Waals surface area contributed by atoms with Crippen LogP contribution in [0.3, 0.4) is 0 Å². The molecule has 3 heterocycles. The SMILES string of the molecule is CC1CN(C)CCC1n1ccnc1-c1cccs1. The van der Waals surface area contributed by atoms with E-state index in [2.05, 4.69) is 52.1 Å². The molecule has 0 spiro atoms. The van der Waals surface area contributed by atoms with E-state index >= 15 is 0 Å². The Kier molecular flexibility index (Phi) is 3.22. The first-order chi connectivity index (χ1) is 8.75. The van der Waals surface area contributed by atoms with Crippen LogP contribution in [-0.4, -0.2) is 34.6 Å². The van der Waals surface area contributed by atoms with Crippen molar-refractivity contribution in [1.29, 1.82) is 0 Å². The van der Waals surface area contributed by atoms with E-state index in [9.17, 15) is 0 Å². The predicted octanol–water partition coefficient (Wildman–Crippen LogP) is 3.12. The topological polar surface area (TPSA) is 21.1 Å².